The van der Waals surface area contributed by atoms with Crippen LogP contribution < -0.4 is 5.32 Å². The zero-order valence-corrected chi connectivity index (χ0v) is 16.5. The van der Waals surface area contributed by atoms with E-state index in [1.165, 1.54) is 18.2 Å². The Morgan fingerprint density at radius 3 is 2.14 bits per heavy atom. The number of nitrogens with one attached hydrogen (secondary N) is 1. The van der Waals surface area contributed by atoms with Crippen LogP contribution in [-0.4, -0.2) is 31.3 Å². The molecule has 5 nitrogen and oxygen atoms in total. The molecule has 1 saturated carbocycles. The van der Waals surface area contributed by atoms with E-state index in [0.29, 0.717) is 6.42 Å². The van der Waals surface area contributed by atoms with Crippen LogP contribution in [0.15, 0.2) is 48.5 Å². The van der Waals surface area contributed by atoms with Crippen molar-refractivity contribution in [2.75, 3.05) is 13.7 Å². The number of ether oxygens (including phenoxy) is 2. The van der Waals surface area contributed by atoms with Gasteiger partial charge in [0.25, 0.3) is 0 Å². The number of carbonyl (C=O) groups is 2. The first-order valence-electron chi connectivity index (χ1n) is 9.67. The second-order valence-corrected chi connectivity index (χ2v) is 7.94. The predicted octanol–water partition coefficient (Wildman–Crippen LogP) is 4.26. The number of amides is 1. The van der Waals surface area contributed by atoms with Crippen molar-refractivity contribution in [1.29, 1.82) is 0 Å². The van der Waals surface area contributed by atoms with E-state index in [0.717, 1.165) is 17.5 Å². The van der Waals surface area contributed by atoms with E-state index >= 15 is 0 Å². The van der Waals surface area contributed by atoms with E-state index in [9.17, 15) is 9.59 Å². The highest BCUT2D eigenvalue weighted by molar-refractivity contribution is 5.90. The first-order valence-corrected chi connectivity index (χ1v) is 9.67. The Bertz CT molecular complexity index is 894. The predicted molar refractivity (Wildman–Crippen MR) is 106 cm³/mol. The maximum absolute atomic E-state index is 12.6. The molecule has 0 spiro atoms. The number of alkyl carbamates (subject to hydrolysis) is 1. The fourth-order valence-electron chi connectivity index (χ4n) is 4.52. The highest BCUT2D eigenvalue weighted by Gasteiger charge is 2.70. The average molecular weight is 379 g/mol. The van der Waals surface area contributed by atoms with Gasteiger partial charge in [0.1, 0.15) is 12.1 Å². The summed E-state index contributed by atoms with van der Waals surface area (Å²) < 4.78 is 10.5. The number of carbonyl (C=O) groups excluding carboxylic acids is 2. The lowest BCUT2D eigenvalue weighted by Gasteiger charge is -2.22. The van der Waals surface area contributed by atoms with Gasteiger partial charge in [-0.25, -0.2) is 9.59 Å². The Morgan fingerprint density at radius 1 is 1.07 bits per heavy atom. The van der Waals surface area contributed by atoms with Crippen LogP contribution in [0.5, 0.6) is 0 Å². The van der Waals surface area contributed by atoms with Gasteiger partial charge in [0.15, 0.2) is 0 Å². The van der Waals surface area contributed by atoms with Gasteiger partial charge in [-0.3, -0.25) is 0 Å². The molecule has 4 rings (SSSR count). The lowest BCUT2D eigenvalue weighted by Crippen LogP contribution is -2.48. The van der Waals surface area contributed by atoms with Gasteiger partial charge in [-0.1, -0.05) is 62.4 Å². The fourth-order valence-corrected chi connectivity index (χ4v) is 4.52. The first kappa shape index (κ1) is 18.5. The van der Waals surface area contributed by atoms with Crippen molar-refractivity contribution in [3.8, 4) is 11.1 Å². The molecule has 0 saturated heterocycles. The molecule has 5 heteroatoms. The standard InChI is InChI=1S/C23H25NO4/c1-4-22(2)14-23(22,20(25)27-3)24-21(26)28-13-19-17-11-7-5-9-15(17)16-10-6-8-12-18(16)19/h5-12,19H,4,13-14H2,1-3H3,(H,24,26)/t22-,23+/m0/s1. The molecule has 2 atom stereocenters. The molecule has 0 heterocycles. The number of hydrogen-bond acceptors (Lipinski definition) is 4. The van der Waals surface area contributed by atoms with Crippen LogP contribution in [0, 0.1) is 5.41 Å². The summed E-state index contributed by atoms with van der Waals surface area (Å²) in [5, 5.41) is 2.80. The molecule has 1 fully saturated rings. The summed E-state index contributed by atoms with van der Waals surface area (Å²) in [7, 11) is 1.35. The summed E-state index contributed by atoms with van der Waals surface area (Å²) in [6.07, 6.45) is 0.753. The molecule has 0 unspecified atom stereocenters. The summed E-state index contributed by atoms with van der Waals surface area (Å²) >= 11 is 0. The molecule has 0 aliphatic heterocycles. The second-order valence-electron chi connectivity index (χ2n) is 7.94. The summed E-state index contributed by atoms with van der Waals surface area (Å²) in [5.74, 6) is -0.422. The largest absolute Gasteiger partial charge is 0.467 e. The van der Waals surface area contributed by atoms with Crippen molar-refractivity contribution in [3.63, 3.8) is 0 Å². The fraction of sp³-hybridized carbons (Fsp3) is 0.391. The Labute approximate surface area is 165 Å². The van der Waals surface area contributed by atoms with Crippen molar-refractivity contribution in [2.45, 2.75) is 38.1 Å². The van der Waals surface area contributed by atoms with E-state index in [1.807, 2.05) is 38.1 Å². The van der Waals surface area contributed by atoms with E-state index in [4.69, 9.17) is 9.47 Å². The highest BCUT2D eigenvalue weighted by Crippen LogP contribution is 2.59. The van der Waals surface area contributed by atoms with Crippen molar-refractivity contribution >= 4 is 12.1 Å². The van der Waals surface area contributed by atoms with Gasteiger partial charge in [-0.15, -0.1) is 0 Å². The summed E-state index contributed by atoms with van der Waals surface area (Å²) in [4.78, 5) is 24.9. The van der Waals surface area contributed by atoms with Gasteiger partial charge in [-0.2, -0.15) is 0 Å². The Balaban J connectivity index is 1.49. The van der Waals surface area contributed by atoms with Gasteiger partial charge >= 0.3 is 12.1 Å². The third kappa shape index (κ3) is 2.68. The van der Waals surface area contributed by atoms with Gasteiger partial charge < -0.3 is 14.8 Å². The van der Waals surface area contributed by atoms with Crippen LogP contribution in [0.2, 0.25) is 0 Å². The Morgan fingerprint density at radius 2 is 1.64 bits per heavy atom. The number of rotatable bonds is 5. The van der Waals surface area contributed by atoms with Crippen molar-refractivity contribution in [2.24, 2.45) is 5.41 Å². The van der Waals surface area contributed by atoms with Gasteiger partial charge in [0, 0.05) is 11.3 Å². The second kappa shape index (κ2) is 6.66. The normalized spacial score (nSPS) is 24.8. The SMILES string of the molecule is CC[C@@]1(C)C[C@@]1(NC(=O)OCC1c2ccccc2-c2ccccc21)C(=O)OC. The van der Waals surface area contributed by atoms with E-state index < -0.39 is 17.6 Å². The topological polar surface area (TPSA) is 64.6 Å². The van der Waals surface area contributed by atoms with Crippen LogP contribution in [0.1, 0.15) is 43.7 Å². The van der Waals surface area contributed by atoms with Gasteiger partial charge in [-0.05, 0) is 35.1 Å². The monoisotopic (exact) mass is 379 g/mol. The maximum atomic E-state index is 12.6. The third-order valence-corrected chi connectivity index (χ3v) is 6.53. The summed E-state index contributed by atoms with van der Waals surface area (Å²) in [5.41, 5.74) is 3.39. The van der Waals surface area contributed by atoms with Crippen LogP contribution in [-0.2, 0) is 14.3 Å². The van der Waals surface area contributed by atoms with Crippen LogP contribution >= 0.6 is 0 Å². The van der Waals surface area contributed by atoms with Crippen molar-refractivity contribution in [1.82, 2.24) is 5.32 Å². The summed E-state index contributed by atoms with van der Waals surface area (Å²) in [6, 6.07) is 16.4. The average Bonchev–Trinajstić information content (AvgIpc) is 3.19. The summed E-state index contributed by atoms with van der Waals surface area (Å²) in [6.45, 7) is 4.21. The molecule has 2 aromatic carbocycles. The number of fused-ring (bicyclic) bond motifs is 3. The number of methoxy groups -OCH3 is 1. The number of esters is 1. The van der Waals surface area contributed by atoms with Crippen LogP contribution in [0.25, 0.3) is 11.1 Å². The molecule has 2 aliphatic rings. The zero-order chi connectivity index (χ0) is 19.9. The molecule has 1 amide bonds. The van der Waals surface area contributed by atoms with E-state index in [-0.39, 0.29) is 17.9 Å². The highest BCUT2D eigenvalue weighted by atomic mass is 16.6. The molecule has 2 aromatic rings. The van der Waals surface area contributed by atoms with Gasteiger partial charge in [0.05, 0.1) is 7.11 Å². The quantitative estimate of drug-likeness (QED) is 0.789. The minimum atomic E-state index is -0.987. The third-order valence-electron chi connectivity index (χ3n) is 6.53. The first-order chi connectivity index (χ1) is 13.5. The molecule has 0 radical (unpaired) electrons. The Hall–Kier alpha value is -2.82. The minimum absolute atomic E-state index is 0.0102. The molecule has 0 aromatic heterocycles. The van der Waals surface area contributed by atoms with Crippen LogP contribution in [0.4, 0.5) is 4.79 Å². The van der Waals surface area contributed by atoms with Crippen LogP contribution in [0.3, 0.4) is 0 Å². The Kier molecular flexibility index (Phi) is 4.41. The number of benzene rings is 2. The maximum Gasteiger partial charge on any atom is 0.408 e. The molecular weight excluding hydrogens is 354 g/mol. The smallest absolute Gasteiger partial charge is 0.408 e. The van der Waals surface area contributed by atoms with E-state index in [1.54, 1.807) is 0 Å². The molecule has 2 aliphatic carbocycles. The molecular formula is C23H25NO4. The van der Waals surface area contributed by atoms with Crippen molar-refractivity contribution < 1.29 is 19.1 Å². The van der Waals surface area contributed by atoms with Gasteiger partial charge in [0.2, 0.25) is 0 Å². The lowest BCUT2D eigenvalue weighted by atomic mass is 9.98. The molecule has 28 heavy (non-hydrogen) atoms. The lowest BCUT2D eigenvalue weighted by molar-refractivity contribution is -0.145. The van der Waals surface area contributed by atoms with Crippen molar-refractivity contribution in [3.05, 3.63) is 59.7 Å². The molecule has 1 N–H and O–H groups in total. The minimum Gasteiger partial charge on any atom is -0.467 e. The number of hydrogen-bond donors (Lipinski definition) is 1. The van der Waals surface area contributed by atoms with E-state index in [2.05, 4.69) is 29.6 Å². The molecule has 146 valence electrons. The molecule has 0 bridgehead atoms. The zero-order valence-electron chi connectivity index (χ0n) is 16.5.